The van der Waals surface area contributed by atoms with E-state index in [1.807, 2.05) is 0 Å². The number of halogens is 5. The summed E-state index contributed by atoms with van der Waals surface area (Å²) in [4.78, 5) is 0. The first-order valence-corrected chi connectivity index (χ1v) is 13.3. The van der Waals surface area contributed by atoms with Crippen molar-refractivity contribution in [1.82, 2.24) is 0 Å². The summed E-state index contributed by atoms with van der Waals surface area (Å²) < 4.78 is 0. The number of benzene rings is 2. The summed E-state index contributed by atoms with van der Waals surface area (Å²) in [6, 6.07) is 7.29. The summed E-state index contributed by atoms with van der Waals surface area (Å²) in [6.07, 6.45) is 6.53. The fraction of sp³-hybridized carbons (Fsp3) is 0.538. The van der Waals surface area contributed by atoms with Crippen molar-refractivity contribution in [2.75, 3.05) is 6.54 Å². The maximum Gasteiger partial charge on any atom is 0.155 e. The van der Waals surface area contributed by atoms with Gasteiger partial charge < -0.3 is 10.8 Å². The average Bonchev–Trinajstić information content (AvgIpc) is 2.80. The predicted molar refractivity (Wildman–Crippen MR) is 144 cm³/mol. The van der Waals surface area contributed by atoms with E-state index in [0.29, 0.717) is 16.7 Å². The minimum Gasteiger partial charge on any atom is -0.505 e. The molecule has 0 heterocycles. The zero-order valence-electron chi connectivity index (χ0n) is 19.5. The van der Waals surface area contributed by atoms with Crippen LogP contribution in [0.2, 0.25) is 25.1 Å². The molecule has 1 fully saturated rings. The molecule has 2 aliphatic carbocycles. The quantitative estimate of drug-likeness (QED) is 0.288. The monoisotopic (exact) mass is 549 g/mol. The molecule has 0 aromatic heterocycles. The number of aromatic hydroxyl groups is 1. The molecule has 1 saturated carbocycles. The Kier molecular flexibility index (Phi) is 8.53. The second kappa shape index (κ2) is 10.3. The van der Waals surface area contributed by atoms with Crippen LogP contribution in [0.4, 0.5) is 0 Å². The van der Waals surface area contributed by atoms with Gasteiger partial charge >= 0.3 is 0 Å². The first-order chi connectivity index (χ1) is 15.4. The number of nitrogens with two attached hydrogens (primary N) is 1. The lowest BCUT2D eigenvalue weighted by Crippen LogP contribution is -2.51. The molecule has 2 aromatic carbocycles. The number of hydrogen-bond donors (Lipinski definition) is 2. The lowest BCUT2D eigenvalue weighted by molar-refractivity contribution is 0.0326. The molecule has 2 aromatic rings. The van der Waals surface area contributed by atoms with Crippen molar-refractivity contribution in [1.29, 1.82) is 0 Å². The highest BCUT2D eigenvalue weighted by Crippen LogP contribution is 2.57. The van der Waals surface area contributed by atoms with Gasteiger partial charge in [-0.05, 0) is 71.6 Å². The van der Waals surface area contributed by atoms with E-state index in [1.165, 1.54) is 37.7 Å². The standard InChI is InChI=1S/C20H31N.C6HCl5O/c1-14(2)15-6-8-17-16(12-15)7-9-18-19(3,13-21)10-5-11-20(17,18)4;7-1-2(8)4(10)6(12)5(11)3(1)9/h6,8,12,14,18H,5,7,9-11,13,21H2,1-4H3;12H/t18-,19+,20+;/m0./s1. The molecule has 0 amide bonds. The summed E-state index contributed by atoms with van der Waals surface area (Å²) in [6.45, 7) is 10.4. The second-order valence-electron chi connectivity index (χ2n) is 10.2. The Labute approximate surface area is 222 Å². The van der Waals surface area contributed by atoms with Gasteiger partial charge in [-0.2, -0.15) is 0 Å². The molecule has 182 valence electrons. The molecule has 0 unspecified atom stereocenters. The molecule has 0 bridgehead atoms. The zero-order valence-corrected chi connectivity index (χ0v) is 23.3. The molecule has 3 atom stereocenters. The van der Waals surface area contributed by atoms with Crippen LogP contribution in [0.25, 0.3) is 0 Å². The maximum atomic E-state index is 9.20. The van der Waals surface area contributed by atoms with Crippen molar-refractivity contribution in [3.63, 3.8) is 0 Å². The van der Waals surface area contributed by atoms with Crippen LogP contribution >= 0.6 is 58.0 Å². The van der Waals surface area contributed by atoms with E-state index in [0.717, 1.165) is 12.5 Å². The van der Waals surface area contributed by atoms with Crippen molar-refractivity contribution < 1.29 is 5.11 Å². The predicted octanol–water partition coefficient (Wildman–Crippen LogP) is 9.44. The molecule has 0 radical (unpaired) electrons. The first-order valence-electron chi connectivity index (χ1n) is 11.4. The number of hydrogen-bond acceptors (Lipinski definition) is 2. The van der Waals surface area contributed by atoms with Crippen molar-refractivity contribution in [3.05, 3.63) is 60.0 Å². The molecule has 33 heavy (non-hydrogen) atoms. The largest absolute Gasteiger partial charge is 0.505 e. The fourth-order valence-corrected chi connectivity index (χ4v) is 6.97. The molecular weight excluding hydrogens is 520 g/mol. The van der Waals surface area contributed by atoms with Gasteiger partial charge in [-0.15, -0.1) is 0 Å². The van der Waals surface area contributed by atoms with Crippen LogP contribution in [0.3, 0.4) is 0 Å². The minimum absolute atomic E-state index is 0.00904. The van der Waals surface area contributed by atoms with Gasteiger partial charge in [0, 0.05) is 0 Å². The minimum atomic E-state index is -0.363. The molecule has 0 saturated heterocycles. The number of rotatable bonds is 2. The number of aryl methyl sites for hydroxylation is 1. The number of phenolic OH excluding ortho intramolecular Hbond substituents is 1. The smallest absolute Gasteiger partial charge is 0.155 e. The van der Waals surface area contributed by atoms with Gasteiger partial charge in [-0.25, -0.2) is 0 Å². The molecule has 2 aliphatic rings. The lowest BCUT2D eigenvalue weighted by Gasteiger charge is -2.55. The number of fused-ring (bicyclic) bond motifs is 3. The topological polar surface area (TPSA) is 46.2 Å². The van der Waals surface area contributed by atoms with Crippen molar-refractivity contribution in [3.8, 4) is 5.75 Å². The van der Waals surface area contributed by atoms with E-state index in [9.17, 15) is 5.11 Å². The Morgan fingerprint density at radius 2 is 1.55 bits per heavy atom. The van der Waals surface area contributed by atoms with Crippen LogP contribution in [0.15, 0.2) is 18.2 Å². The SMILES string of the molecule is CC(C)c1ccc2c(c1)CC[C@H]1[C@@](C)(CN)CCC[C@]21C.Oc1c(Cl)c(Cl)c(Cl)c(Cl)c1Cl. The molecule has 0 aliphatic heterocycles. The van der Waals surface area contributed by atoms with Gasteiger partial charge in [0.2, 0.25) is 0 Å². The molecule has 2 nitrogen and oxygen atoms in total. The van der Waals surface area contributed by atoms with E-state index < -0.39 is 0 Å². The van der Waals surface area contributed by atoms with Gasteiger partial charge in [0.25, 0.3) is 0 Å². The third-order valence-electron chi connectivity index (χ3n) is 7.82. The average molecular weight is 552 g/mol. The highest BCUT2D eigenvalue weighted by Gasteiger charge is 2.50. The Balaban J connectivity index is 0.000000218. The van der Waals surface area contributed by atoms with Gasteiger partial charge in [0.05, 0.1) is 15.1 Å². The molecule has 3 N–H and O–H groups in total. The lowest BCUT2D eigenvalue weighted by atomic mass is 9.50. The molecule has 4 rings (SSSR count). The van der Waals surface area contributed by atoms with Crippen molar-refractivity contribution >= 4 is 58.0 Å². The van der Waals surface area contributed by atoms with Gasteiger partial charge in [-0.3, -0.25) is 0 Å². The van der Waals surface area contributed by atoms with Crippen LogP contribution < -0.4 is 5.73 Å². The second-order valence-corrected chi connectivity index (χ2v) is 12.1. The van der Waals surface area contributed by atoms with Crippen molar-refractivity contribution in [2.45, 2.75) is 71.1 Å². The van der Waals surface area contributed by atoms with Crippen molar-refractivity contribution in [2.24, 2.45) is 17.1 Å². The summed E-state index contributed by atoms with van der Waals surface area (Å²) in [5.41, 5.74) is 11.6. The molecular formula is C26H32Cl5NO. The third-order valence-corrected chi connectivity index (χ3v) is 10.1. The van der Waals surface area contributed by atoms with E-state index in [4.69, 9.17) is 63.7 Å². The fourth-order valence-electron chi connectivity index (χ4n) is 5.84. The molecule has 0 spiro atoms. The Morgan fingerprint density at radius 1 is 0.970 bits per heavy atom. The van der Waals surface area contributed by atoms with Crippen LogP contribution in [-0.2, 0) is 11.8 Å². The van der Waals surface area contributed by atoms with Crippen LogP contribution in [0.5, 0.6) is 5.75 Å². The summed E-state index contributed by atoms with van der Waals surface area (Å²) >= 11 is 27.9. The zero-order chi connectivity index (χ0) is 24.7. The van der Waals surface area contributed by atoms with Gasteiger partial charge in [0.1, 0.15) is 10.0 Å². The van der Waals surface area contributed by atoms with Crippen LogP contribution in [0.1, 0.15) is 76.0 Å². The van der Waals surface area contributed by atoms with E-state index in [2.05, 4.69) is 45.9 Å². The van der Waals surface area contributed by atoms with E-state index in [-0.39, 0.29) is 30.9 Å². The molecule has 7 heteroatoms. The Hall–Kier alpha value is -0.350. The van der Waals surface area contributed by atoms with Crippen LogP contribution in [-0.4, -0.2) is 11.7 Å². The summed E-state index contributed by atoms with van der Waals surface area (Å²) in [5, 5.41) is 9.01. The van der Waals surface area contributed by atoms with Gasteiger partial charge in [-0.1, -0.05) is 110 Å². The third kappa shape index (κ3) is 4.99. The highest BCUT2D eigenvalue weighted by atomic mass is 35.5. The first kappa shape index (κ1) is 27.2. The Morgan fingerprint density at radius 3 is 2.09 bits per heavy atom. The van der Waals surface area contributed by atoms with Gasteiger partial charge in [0.15, 0.2) is 5.75 Å². The normalized spacial score (nSPS) is 26.3. The van der Waals surface area contributed by atoms with E-state index in [1.54, 1.807) is 11.1 Å². The summed E-state index contributed by atoms with van der Waals surface area (Å²) in [5.74, 6) is 1.01. The highest BCUT2D eigenvalue weighted by molar-refractivity contribution is 6.55. The van der Waals surface area contributed by atoms with E-state index >= 15 is 0 Å². The summed E-state index contributed by atoms with van der Waals surface area (Å²) in [7, 11) is 0. The Bertz CT molecular complexity index is 935. The maximum absolute atomic E-state index is 9.20. The van der Waals surface area contributed by atoms with Crippen LogP contribution in [0, 0.1) is 11.3 Å². The number of phenols is 1.